The molecule has 0 radical (unpaired) electrons. The lowest BCUT2D eigenvalue weighted by Gasteiger charge is -2.24. The van der Waals surface area contributed by atoms with Crippen molar-refractivity contribution >= 4 is 23.8 Å². The molecule has 0 spiro atoms. The number of nitrogens with one attached hydrogen (secondary N) is 2. The second-order valence-corrected chi connectivity index (χ2v) is 7.98. The van der Waals surface area contributed by atoms with E-state index < -0.39 is 42.1 Å². The van der Waals surface area contributed by atoms with Gasteiger partial charge in [0.15, 0.2) is 0 Å². The zero-order valence-electron chi connectivity index (χ0n) is 18.4. The molecule has 13 heteroatoms. The molecule has 33 heavy (non-hydrogen) atoms. The molecule has 1 saturated carbocycles. The number of hydrogen-bond donors (Lipinski definition) is 4. The zero-order valence-corrected chi connectivity index (χ0v) is 18.4. The lowest BCUT2D eigenvalue weighted by molar-refractivity contribution is -0.192. The number of carboxylic acid groups (broad SMARTS) is 1. The minimum atomic E-state index is -5.08. The number of hydrogen-bond acceptors (Lipinski definition) is 7. The predicted octanol–water partition coefficient (Wildman–Crippen LogP) is 1.70. The van der Waals surface area contributed by atoms with Crippen LogP contribution in [0.5, 0.6) is 0 Å². The average Bonchev–Trinajstić information content (AvgIpc) is 3.24. The quantitative estimate of drug-likeness (QED) is 0.340. The second-order valence-electron chi connectivity index (χ2n) is 7.98. The van der Waals surface area contributed by atoms with Gasteiger partial charge < -0.3 is 25.9 Å². The van der Waals surface area contributed by atoms with Gasteiger partial charge in [0.2, 0.25) is 5.91 Å². The molecule has 2 atom stereocenters. The van der Waals surface area contributed by atoms with Gasteiger partial charge in [-0.2, -0.15) is 13.2 Å². The third kappa shape index (κ3) is 10.0. The van der Waals surface area contributed by atoms with Crippen molar-refractivity contribution in [2.24, 2.45) is 17.6 Å². The van der Waals surface area contributed by atoms with Crippen molar-refractivity contribution in [1.29, 1.82) is 0 Å². The Morgan fingerprint density at radius 3 is 2.27 bits per heavy atom. The minimum absolute atomic E-state index is 0.224. The molecule has 1 aliphatic rings. The highest BCUT2D eigenvalue weighted by Gasteiger charge is 2.38. The molecule has 0 saturated heterocycles. The number of imidazole rings is 1. The number of amides is 1. The van der Waals surface area contributed by atoms with E-state index in [9.17, 15) is 27.6 Å². The van der Waals surface area contributed by atoms with E-state index in [4.69, 9.17) is 20.4 Å². The Balaban J connectivity index is 0.000000675. The van der Waals surface area contributed by atoms with E-state index in [-0.39, 0.29) is 18.3 Å². The van der Waals surface area contributed by atoms with Crippen molar-refractivity contribution in [1.82, 2.24) is 15.3 Å². The Hall–Kier alpha value is -2.96. The van der Waals surface area contributed by atoms with Gasteiger partial charge in [-0.3, -0.25) is 9.59 Å². The fourth-order valence-electron chi connectivity index (χ4n) is 3.06. The number of carbonyl (C=O) groups is 4. The van der Waals surface area contributed by atoms with Crippen LogP contribution in [-0.2, 0) is 30.3 Å². The van der Waals surface area contributed by atoms with Crippen LogP contribution in [0.3, 0.4) is 0 Å². The third-order valence-corrected chi connectivity index (χ3v) is 4.92. The molecule has 1 amide bonds. The number of alkyl halides is 3. The standard InChI is InChI=1S/C18H28N4O4.C2HF3O2/c1-11(2)15(18(25)26-17(24)12-6-4-3-5-7-12)22-16(23)14(19)8-13-9-20-10-21-13;3-2(4,5)1(6)7/h9-12,14-15H,3-8,19H2,1-2H3,(H,20,21)(H,22,23);(H,6,7)/t14-,15-;/m0./s1. The summed E-state index contributed by atoms with van der Waals surface area (Å²) in [6.45, 7) is 3.55. The van der Waals surface area contributed by atoms with Gasteiger partial charge in [-0.1, -0.05) is 33.1 Å². The summed E-state index contributed by atoms with van der Waals surface area (Å²) in [5.74, 6) is -4.91. The van der Waals surface area contributed by atoms with Gasteiger partial charge in [-0.15, -0.1) is 0 Å². The number of H-pyrrole nitrogens is 1. The summed E-state index contributed by atoms with van der Waals surface area (Å²) in [6.07, 6.45) is 2.88. The molecule has 0 aliphatic heterocycles. The Morgan fingerprint density at radius 1 is 1.24 bits per heavy atom. The number of halogens is 3. The summed E-state index contributed by atoms with van der Waals surface area (Å²) in [5, 5.41) is 9.73. The monoisotopic (exact) mass is 478 g/mol. The van der Waals surface area contributed by atoms with Crippen molar-refractivity contribution in [3.8, 4) is 0 Å². The van der Waals surface area contributed by atoms with Gasteiger partial charge in [0.05, 0.1) is 24.0 Å². The molecule has 1 aliphatic carbocycles. The summed E-state index contributed by atoms with van der Waals surface area (Å²) in [5.41, 5.74) is 6.55. The van der Waals surface area contributed by atoms with Crippen molar-refractivity contribution < 1.29 is 42.2 Å². The molecule has 10 nitrogen and oxygen atoms in total. The number of nitrogens with zero attached hydrogens (tertiary/aromatic N) is 1. The van der Waals surface area contributed by atoms with Gasteiger partial charge >= 0.3 is 24.1 Å². The molecule has 0 aromatic carbocycles. The average molecular weight is 478 g/mol. The Kier molecular flexibility index (Phi) is 11.0. The van der Waals surface area contributed by atoms with Gasteiger partial charge in [-0.05, 0) is 18.8 Å². The zero-order chi connectivity index (χ0) is 25.2. The number of esters is 2. The number of carboxylic acids is 1. The third-order valence-electron chi connectivity index (χ3n) is 4.92. The molecule has 0 unspecified atom stereocenters. The van der Waals surface area contributed by atoms with Gasteiger partial charge in [0, 0.05) is 12.6 Å². The van der Waals surface area contributed by atoms with Crippen LogP contribution < -0.4 is 11.1 Å². The van der Waals surface area contributed by atoms with Crippen LogP contribution in [-0.4, -0.2) is 57.1 Å². The fraction of sp³-hybridized carbons (Fsp3) is 0.650. The van der Waals surface area contributed by atoms with Crippen LogP contribution in [0.15, 0.2) is 12.5 Å². The van der Waals surface area contributed by atoms with E-state index in [1.165, 1.54) is 6.33 Å². The van der Waals surface area contributed by atoms with E-state index in [0.717, 1.165) is 32.1 Å². The van der Waals surface area contributed by atoms with Gasteiger partial charge in [0.1, 0.15) is 6.04 Å². The van der Waals surface area contributed by atoms with E-state index in [2.05, 4.69) is 15.3 Å². The molecule has 1 fully saturated rings. The first kappa shape index (κ1) is 28.1. The van der Waals surface area contributed by atoms with E-state index in [1.807, 2.05) is 0 Å². The summed E-state index contributed by atoms with van der Waals surface area (Å²) in [7, 11) is 0. The predicted molar refractivity (Wildman–Crippen MR) is 108 cm³/mol. The minimum Gasteiger partial charge on any atom is -0.475 e. The Bertz CT molecular complexity index is 792. The number of ether oxygens (including phenoxy) is 1. The summed E-state index contributed by atoms with van der Waals surface area (Å²) in [6, 6.07) is -1.76. The molecular formula is C20H29F3N4O6. The van der Waals surface area contributed by atoms with Crippen molar-refractivity contribution in [2.75, 3.05) is 0 Å². The van der Waals surface area contributed by atoms with Gasteiger partial charge in [-0.25, -0.2) is 14.6 Å². The van der Waals surface area contributed by atoms with Crippen LogP contribution in [0.1, 0.15) is 51.6 Å². The summed E-state index contributed by atoms with van der Waals surface area (Å²) in [4.78, 5) is 52.6. The summed E-state index contributed by atoms with van der Waals surface area (Å²) < 4.78 is 36.8. The molecule has 186 valence electrons. The molecule has 1 aromatic rings. The van der Waals surface area contributed by atoms with Crippen molar-refractivity contribution in [3.05, 3.63) is 18.2 Å². The van der Waals surface area contributed by atoms with Crippen LogP contribution in [0.25, 0.3) is 0 Å². The maximum atomic E-state index is 12.4. The van der Waals surface area contributed by atoms with E-state index in [0.29, 0.717) is 5.69 Å². The second kappa shape index (κ2) is 12.9. The first-order valence-corrected chi connectivity index (χ1v) is 10.4. The number of carbonyl (C=O) groups excluding carboxylic acids is 3. The van der Waals surface area contributed by atoms with Crippen LogP contribution >= 0.6 is 0 Å². The Morgan fingerprint density at radius 2 is 1.82 bits per heavy atom. The Labute approximate surface area is 188 Å². The smallest absolute Gasteiger partial charge is 0.475 e. The SMILES string of the molecule is CC(C)[C@H](NC(=O)[C@@H](N)Cc1c[nH]cn1)C(=O)OC(=O)C1CCCCC1.O=C(O)C(F)(F)F. The molecule has 1 aromatic heterocycles. The molecular weight excluding hydrogens is 449 g/mol. The molecule has 1 heterocycles. The number of aromatic amines is 1. The van der Waals surface area contributed by atoms with Crippen LogP contribution in [0.2, 0.25) is 0 Å². The highest BCUT2D eigenvalue weighted by atomic mass is 19.4. The molecule has 5 N–H and O–H groups in total. The van der Waals surface area contributed by atoms with Crippen LogP contribution in [0, 0.1) is 11.8 Å². The summed E-state index contributed by atoms with van der Waals surface area (Å²) >= 11 is 0. The number of aromatic nitrogens is 2. The molecule has 2 rings (SSSR count). The fourth-order valence-corrected chi connectivity index (χ4v) is 3.06. The normalized spacial score (nSPS) is 16.2. The number of nitrogens with two attached hydrogens (primary N) is 1. The first-order chi connectivity index (χ1) is 15.3. The van der Waals surface area contributed by atoms with Crippen molar-refractivity contribution in [3.63, 3.8) is 0 Å². The maximum Gasteiger partial charge on any atom is 0.490 e. The lowest BCUT2D eigenvalue weighted by atomic mass is 9.89. The maximum absolute atomic E-state index is 12.4. The van der Waals surface area contributed by atoms with E-state index in [1.54, 1.807) is 20.0 Å². The van der Waals surface area contributed by atoms with Crippen LogP contribution in [0.4, 0.5) is 13.2 Å². The first-order valence-electron chi connectivity index (χ1n) is 10.4. The van der Waals surface area contributed by atoms with Gasteiger partial charge in [0.25, 0.3) is 0 Å². The van der Waals surface area contributed by atoms with Crippen molar-refractivity contribution in [2.45, 2.75) is 70.6 Å². The largest absolute Gasteiger partial charge is 0.490 e. The lowest BCUT2D eigenvalue weighted by Crippen LogP contribution is -2.52. The number of aliphatic carboxylic acids is 1. The number of rotatable bonds is 7. The highest BCUT2D eigenvalue weighted by Crippen LogP contribution is 2.25. The highest BCUT2D eigenvalue weighted by molar-refractivity contribution is 5.93. The van der Waals surface area contributed by atoms with E-state index >= 15 is 0 Å². The molecule has 0 bridgehead atoms. The topological polar surface area (TPSA) is 164 Å².